The van der Waals surface area contributed by atoms with Crippen LogP contribution in [0.25, 0.3) is 11.5 Å². The van der Waals surface area contributed by atoms with Gasteiger partial charge in [-0.3, -0.25) is 29.0 Å². The van der Waals surface area contributed by atoms with E-state index in [2.05, 4.69) is 0 Å². The summed E-state index contributed by atoms with van der Waals surface area (Å²) in [5, 5.41) is 11.7. The van der Waals surface area contributed by atoms with Gasteiger partial charge in [0, 0.05) is 28.1 Å². The van der Waals surface area contributed by atoms with Crippen molar-refractivity contribution in [3.05, 3.63) is 137 Å². The third-order valence-electron chi connectivity index (χ3n) is 7.94. The molecule has 0 aromatic heterocycles. The Balaban J connectivity index is 1.62. The van der Waals surface area contributed by atoms with E-state index in [0.717, 1.165) is 4.90 Å². The monoisotopic (exact) mass is 554 g/mol. The molecule has 0 bridgehead atoms. The molecule has 42 heavy (non-hydrogen) atoms. The Bertz CT molecular complexity index is 1890. The molecular formula is C34H22N2O6. The number of aliphatic hydroxyl groups excluding tert-OH is 1. The summed E-state index contributed by atoms with van der Waals surface area (Å²) in [6.07, 6.45) is 0. The maximum Gasteiger partial charge on any atom is 0.300 e. The number of aliphatic hydroxyl groups is 1. The van der Waals surface area contributed by atoms with Gasteiger partial charge in [0.1, 0.15) is 11.5 Å². The van der Waals surface area contributed by atoms with Gasteiger partial charge in [0.15, 0.2) is 11.3 Å². The van der Waals surface area contributed by atoms with Gasteiger partial charge >= 0.3 is 5.91 Å². The second-order valence-corrected chi connectivity index (χ2v) is 10.0. The SMILES string of the molecule is COc1ccc(N2C(=O)C3(C4=C2c2ccccc2C4=O)/C(=C(\O)c2ccccc2)C(=O)C(=O)N3c2ccccc2)cc1. The number of Topliss-reactive ketones (excluding diaryl/α,β-unsaturated/α-hetero) is 2. The highest BCUT2D eigenvalue weighted by Gasteiger charge is 2.71. The first-order valence-corrected chi connectivity index (χ1v) is 13.2. The molecule has 0 radical (unpaired) electrons. The molecule has 1 atom stereocenters. The predicted molar refractivity (Wildman–Crippen MR) is 156 cm³/mol. The van der Waals surface area contributed by atoms with Crippen LogP contribution in [0.4, 0.5) is 11.4 Å². The molecule has 2 aliphatic heterocycles. The molecule has 0 saturated carbocycles. The number of benzene rings is 4. The molecule has 1 N–H and O–H groups in total. The molecule has 204 valence electrons. The van der Waals surface area contributed by atoms with Gasteiger partial charge < -0.3 is 9.84 Å². The lowest BCUT2D eigenvalue weighted by Gasteiger charge is -2.36. The molecule has 1 unspecified atom stereocenters. The topological polar surface area (TPSA) is 104 Å². The van der Waals surface area contributed by atoms with Gasteiger partial charge in [0.25, 0.3) is 11.7 Å². The van der Waals surface area contributed by atoms with Crippen molar-refractivity contribution in [3.63, 3.8) is 0 Å². The van der Waals surface area contributed by atoms with Crippen LogP contribution < -0.4 is 14.5 Å². The van der Waals surface area contributed by atoms with Crippen LogP contribution in [0.3, 0.4) is 0 Å². The number of para-hydroxylation sites is 1. The number of rotatable bonds is 4. The predicted octanol–water partition coefficient (Wildman–Crippen LogP) is 4.97. The molecule has 1 fully saturated rings. The Morgan fingerprint density at radius 1 is 0.690 bits per heavy atom. The lowest BCUT2D eigenvalue weighted by atomic mass is 9.79. The first kappa shape index (κ1) is 25.2. The molecule has 4 aromatic rings. The van der Waals surface area contributed by atoms with E-state index < -0.39 is 40.3 Å². The van der Waals surface area contributed by atoms with Crippen molar-refractivity contribution in [2.24, 2.45) is 0 Å². The molecular weight excluding hydrogens is 532 g/mol. The summed E-state index contributed by atoms with van der Waals surface area (Å²) in [6.45, 7) is 0. The average molecular weight is 555 g/mol. The Morgan fingerprint density at radius 3 is 1.93 bits per heavy atom. The van der Waals surface area contributed by atoms with E-state index in [1.165, 1.54) is 12.0 Å². The van der Waals surface area contributed by atoms with E-state index in [0.29, 0.717) is 22.6 Å². The van der Waals surface area contributed by atoms with Crippen LogP contribution in [0.15, 0.2) is 120 Å². The molecule has 1 aliphatic carbocycles. The van der Waals surface area contributed by atoms with E-state index in [1.807, 2.05) is 0 Å². The quantitative estimate of drug-likeness (QED) is 0.217. The number of amides is 2. The van der Waals surface area contributed by atoms with Crippen molar-refractivity contribution >= 4 is 46.2 Å². The van der Waals surface area contributed by atoms with Gasteiger partial charge in [-0.2, -0.15) is 0 Å². The van der Waals surface area contributed by atoms with E-state index in [1.54, 1.807) is 109 Å². The van der Waals surface area contributed by atoms with E-state index in [4.69, 9.17) is 4.74 Å². The van der Waals surface area contributed by atoms with E-state index in [9.17, 15) is 19.5 Å². The number of ether oxygens (including phenoxy) is 1. The van der Waals surface area contributed by atoms with Gasteiger partial charge in [0.05, 0.1) is 24.0 Å². The highest BCUT2D eigenvalue weighted by atomic mass is 16.5. The Morgan fingerprint density at radius 2 is 1.29 bits per heavy atom. The number of hydrogen-bond acceptors (Lipinski definition) is 6. The smallest absolute Gasteiger partial charge is 0.300 e. The minimum absolute atomic E-state index is 0.0648. The zero-order chi connectivity index (χ0) is 29.2. The van der Waals surface area contributed by atoms with Crippen molar-refractivity contribution in [2.45, 2.75) is 5.54 Å². The number of anilines is 2. The fourth-order valence-electron chi connectivity index (χ4n) is 6.16. The average Bonchev–Trinajstić information content (AvgIpc) is 3.56. The number of hydrogen-bond donors (Lipinski definition) is 1. The lowest BCUT2D eigenvalue weighted by molar-refractivity contribution is -0.132. The normalized spacial score (nSPS) is 20.5. The summed E-state index contributed by atoms with van der Waals surface area (Å²) in [4.78, 5) is 59.8. The van der Waals surface area contributed by atoms with Crippen LogP contribution in [0.5, 0.6) is 5.75 Å². The zero-order valence-corrected chi connectivity index (χ0v) is 22.3. The fourth-order valence-corrected chi connectivity index (χ4v) is 6.16. The van der Waals surface area contributed by atoms with Crippen molar-refractivity contribution in [2.75, 3.05) is 16.9 Å². The van der Waals surface area contributed by atoms with Crippen molar-refractivity contribution in [1.82, 2.24) is 0 Å². The number of fused-ring (bicyclic) bond motifs is 3. The maximum atomic E-state index is 15.1. The van der Waals surface area contributed by atoms with Gasteiger partial charge in [-0.25, -0.2) is 0 Å². The molecule has 2 amide bonds. The molecule has 3 aliphatic rings. The van der Waals surface area contributed by atoms with Gasteiger partial charge in [-0.1, -0.05) is 72.8 Å². The maximum absolute atomic E-state index is 15.1. The second-order valence-electron chi connectivity index (χ2n) is 10.0. The standard InChI is InChI=1S/C34H22N2O6/c1-42-23-18-16-21(17-19-23)35-28-24-14-8-9-15-25(24)30(38)26(28)34(33(35)41)27(29(37)20-10-4-2-5-11-20)31(39)32(40)36(34)22-12-6-3-7-13-22/h2-19,37H,1H3/b29-27-. The number of carbonyl (C=O) groups is 4. The van der Waals surface area contributed by atoms with Gasteiger partial charge in [0.2, 0.25) is 0 Å². The summed E-state index contributed by atoms with van der Waals surface area (Å²) in [5.74, 6) is -3.34. The zero-order valence-electron chi connectivity index (χ0n) is 22.3. The highest BCUT2D eigenvalue weighted by molar-refractivity contribution is 6.58. The highest BCUT2D eigenvalue weighted by Crippen LogP contribution is 2.57. The Labute approximate surface area is 240 Å². The largest absolute Gasteiger partial charge is 0.507 e. The Kier molecular flexibility index (Phi) is 5.49. The summed E-state index contributed by atoms with van der Waals surface area (Å²) in [7, 11) is 1.52. The van der Waals surface area contributed by atoms with Crippen LogP contribution in [0.1, 0.15) is 21.5 Å². The third kappa shape index (κ3) is 3.17. The van der Waals surface area contributed by atoms with Gasteiger partial charge in [-0.05, 0) is 36.4 Å². The van der Waals surface area contributed by atoms with Crippen molar-refractivity contribution < 1.29 is 29.0 Å². The molecule has 1 saturated heterocycles. The fraction of sp³-hybridized carbons (Fsp3) is 0.0588. The van der Waals surface area contributed by atoms with Crippen LogP contribution in [0, 0.1) is 0 Å². The summed E-state index contributed by atoms with van der Waals surface area (Å²) in [6, 6.07) is 30.0. The van der Waals surface area contributed by atoms with Crippen molar-refractivity contribution in [1.29, 1.82) is 0 Å². The molecule has 8 nitrogen and oxygen atoms in total. The molecule has 4 aromatic carbocycles. The third-order valence-corrected chi connectivity index (χ3v) is 7.94. The van der Waals surface area contributed by atoms with Crippen LogP contribution in [-0.2, 0) is 14.4 Å². The van der Waals surface area contributed by atoms with Crippen LogP contribution >= 0.6 is 0 Å². The summed E-state index contributed by atoms with van der Waals surface area (Å²) < 4.78 is 5.30. The van der Waals surface area contributed by atoms with Crippen molar-refractivity contribution in [3.8, 4) is 5.75 Å². The first-order valence-electron chi connectivity index (χ1n) is 13.2. The van der Waals surface area contributed by atoms with E-state index >= 15 is 4.79 Å². The minimum atomic E-state index is -2.28. The number of carbonyl (C=O) groups excluding carboxylic acids is 4. The lowest BCUT2D eigenvalue weighted by Crippen LogP contribution is -2.57. The first-order chi connectivity index (χ1) is 20.4. The minimum Gasteiger partial charge on any atom is -0.507 e. The number of nitrogens with zero attached hydrogens (tertiary/aromatic N) is 2. The van der Waals surface area contributed by atoms with Crippen LogP contribution in [-0.4, -0.2) is 41.1 Å². The number of ketones is 2. The van der Waals surface area contributed by atoms with Crippen LogP contribution in [0.2, 0.25) is 0 Å². The Hall–Kier alpha value is -5.76. The van der Waals surface area contributed by atoms with Gasteiger partial charge in [-0.15, -0.1) is 0 Å². The summed E-state index contributed by atoms with van der Waals surface area (Å²) in [5.41, 5.74) is -0.886. The van der Waals surface area contributed by atoms with E-state index in [-0.39, 0.29) is 22.5 Å². The summed E-state index contributed by atoms with van der Waals surface area (Å²) >= 11 is 0. The molecule has 1 spiro atoms. The molecule has 2 heterocycles. The molecule has 7 rings (SSSR count). The second kappa shape index (κ2) is 9.14. The molecule has 8 heteroatoms. The number of methoxy groups -OCH3 is 1.